The first-order valence-corrected chi connectivity index (χ1v) is 12.0. The number of carbonyl (C=O) groups is 2. The van der Waals surface area contributed by atoms with E-state index in [1.807, 2.05) is 6.92 Å². The van der Waals surface area contributed by atoms with Crippen molar-refractivity contribution in [3.8, 4) is 11.5 Å². The number of aryl methyl sites for hydroxylation is 1. The van der Waals surface area contributed by atoms with Crippen molar-refractivity contribution in [3.63, 3.8) is 0 Å². The number of halogens is 1. The average molecular weight is 497 g/mol. The molecule has 1 heterocycles. The van der Waals surface area contributed by atoms with Gasteiger partial charge in [0.05, 0.1) is 29.8 Å². The largest absolute Gasteiger partial charge is 0.495 e. The minimum atomic E-state index is -3.87. The molecule has 3 rings (SSSR count). The molecule has 1 aliphatic heterocycles. The molecule has 1 atom stereocenters. The van der Waals surface area contributed by atoms with Crippen molar-refractivity contribution in [2.75, 3.05) is 32.7 Å². The molecule has 1 N–H and O–H groups in total. The Balaban J connectivity index is 1.65. The Hall–Kier alpha value is -2.82. The van der Waals surface area contributed by atoms with Crippen molar-refractivity contribution >= 4 is 39.2 Å². The van der Waals surface area contributed by atoms with E-state index in [1.165, 1.54) is 38.5 Å². The molecule has 2 aromatic carbocycles. The molecule has 1 amide bonds. The molecule has 0 spiro atoms. The zero-order valence-corrected chi connectivity index (χ0v) is 20.0. The second-order valence-corrected chi connectivity index (χ2v) is 9.73. The summed E-state index contributed by atoms with van der Waals surface area (Å²) in [6.07, 6.45) is 0.825. The van der Waals surface area contributed by atoms with Crippen LogP contribution < -0.4 is 14.8 Å². The predicted molar refractivity (Wildman–Crippen MR) is 122 cm³/mol. The molecule has 0 aromatic heterocycles. The summed E-state index contributed by atoms with van der Waals surface area (Å²) in [4.78, 5) is 25.1. The zero-order chi connectivity index (χ0) is 24.2. The Morgan fingerprint density at radius 2 is 1.79 bits per heavy atom. The van der Waals surface area contributed by atoms with Gasteiger partial charge in [-0.05, 0) is 38.0 Å². The van der Waals surface area contributed by atoms with Gasteiger partial charge in [-0.25, -0.2) is 8.42 Å². The molecule has 0 radical (unpaired) electrons. The van der Waals surface area contributed by atoms with Crippen molar-refractivity contribution in [2.24, 2.45) is 0 Å². The fraction of sp³-hybridized carbons (Fsp3) is 0.364. The molecular formula is C22H25ClN2O7S. The number of benzene rings is 2. The monoisotopic (exact) mass is 496 g/mol. The fourth-order valence-corrected chi connectivity index (χ4v) is 5.37. The molecule has 11 heteroatoms. The van der Waals surface area contributed by atoms with Gasteiger partial charge in [-0.2, -0.15) is 4.31 Å². The highest BCUT2D eigenvalue weighted by Crippen LogP contribution is 2.36. The normalized spacial score (nSPS) is 16.3. The molecule has 0 unspecified atom stereocenters. The molecule has 2 aromatic rings. The standard InChI is InChI=1S/C22H25ClN2O7S/c1-14-6-8-15(9-7-14)33(28,29)25-10-4-5-18(25)22(27)32-13-21(26)24-17-11-16(23)19(30-2)12-20(17)31-3/h6-9,11-12,18H,4-5,10,13H2,1-3H3,(H,24,26)/t18-/m0/s1. The maximum atomic E-state index is 13.0. The van der Waals surface area contributed by atoms with Gasteiger partial charge in [0.2, 0.25) is 10.0 Å². The molecule has 9 nitrogen and oxygen atoms in total. The van der Waals surface area contributed by atoms with Crippen LogP contribution in [0.3, 0.4) is 0 Å². The smallest absolute Gasteiger partial charge is 0.324 e. The van der Waals surface area contributed by atoms with Gasteiger partial charge < -0.3 is 19.5 Å². The number of sulfonamides is 1. The number of nitrogens with one attached hydrogen (secondary N) is 1. The van der Waals surface area contributed by atoms with Crippen LogP contribution in [0.4, 0.5) is 5.69 Å². The third-order valence-corrected chi connectivity index (χ3v) is 7.41. The van der Waals surface area contributed by atoms with Crippen LogP contribution in [0.1, 0.15) is 18.4 Å². The Labute approximate surface area is 197 Å². The average Bonchev–Trinajstić information content (AvgIpc) is 3.29. The van der Waals surface area contributed by atoms with Crippen LogP contribution in [0.2, 0.25) is 5.02 Å². The molecule has 0 aliphatic carbocycles. The molecule has 0 saturated carbocycles. The first-order valence-electron chi connectivity index (χ1n) is 10.1. The number of nitrogens with zero attached hydrogens (tertiary/aromatic N) is 1. The van der Waals surface area contributed by atoms with Gasteiger partial charge in [-0.1, -0.05) is 29.3 Å². The van der Waals surface area contributed by atoms with E-state index in [0.717, 1.165) is 9.87 Å². The summed E-state index contributed by atoms with van der Waals surface area (Å²) in [6.45, 7) is 1.46. The Kier molecular flexibility index (Phi) is 7.83. The molecule has 1 fully saturated rings. The van der Waals surface area contributed by atoms with Gasteiger partial charge >= 0.3 is 5.97 Å². The highest BCUT2D eigenvalue weighted by molar-refractivity contribution is 7.89. The lowest BCUT2D eigenvalue weighted by Gasteiger charge is -2.22. The lowest BCUT2D eigenvalue weighted by molar-refractivity contribution is -0.150. The van der Waals surface area contributed by atoms with E-state index in [0.29, 0.717) is 24.3 Å². The predicted octanol–water partition coefficient (Wildman–Crippen LogP) is 3.00. The van der Waals surface area contributed by atoms with Crippen molar-refractivity contribution in [3.05, 3.63) is 47.0 Å². The van der Waals surface area contributed by atoms with Crippen molar-refractivity contribution in [1.82, 2.24) is 4.31 Å². The minimum absolute atomic E-state index is 0.106. The van der Waals surface area contributed by atoms with Crippen molar-refractivity contribution in [1.29, 1.82) is 0 Å². The lowest BCUT2D eigenvalue weighted by atomic mass is 10.2. The third-order valence-electron chi connectivity index (χ3n) is 5.20. The number of esters is 1. The van der Waals surface area contributed by atoms with Crippen molar-refractivity contribution in [2.45, 2.75) is 30.7 Å². The number of anilines is 1. The second kappa shape index (κ2) is 10.4. The fourth-order valence-electron chi connectivity index (χ4n) is 3.49. The Bertz CT molecular complexity index is 1140. The van der Waals surface area contributed by atoms with Crippen molar-refractivity contribution < 1.29 is 32.2 Å². The van der Waals surface area contributed by atoms with E-state index in [1.54, 1.807) is 12.1 Å². The highest BCUT2D eigenvalue weighted by Gasteiger charge is 2.40. The maximum Gasteiger partial charge on any atom is 0.324 e. The second-order valence-electron chi connectivity index (χ2n) is 7.43. The number of amides is 1. The Morgan fingerprint density at radius 3 is 2.42 bits per heavy atom. The van der Waals surface area contributed by atoms with Gasteiger partial charge in [0, 0.05) is 12.6 Å². The summed E-state index contributed by atoms with van der Waals surface area (Å²) >= 11 is 6.09. The van der Waals surface area contributed by atoms with Crippen LogP contribution in [0.5, 0.6) is 11.5 Å². The molecule has 178 valence electrons. The van der Waals surface area contributed by atoms with Gasteiger partial charge in [0.25, 0.3) is 5.91 Å². The quantitative estimate of drug-likeness (QED) is 0.559. The van der Waals surface area contributed by atoms with E-state index in [2.05, 4.69) is 5.32 Å². The molecule has 1 saturated heterocycles. The number of hydrogen-bond donors (Lipinski definition) is 1. The first-order chi connectivity index (χ1) is 15.7. The summed E-state index contributed by atoms with van der Waals surface area (Å²) in [5.74, 6) is -0.733. The van der Waals surface area contributed by atoms with E-state index >= 15 is 0 Å². The topological polar surface area (TPSA) is 111 Å². The van der Waals surface area contributed by atoms with Crippen LogP contribution in [0.25, 0.3) is 0 Å². The molecule has 1 aliphatic rings. The van der Waals surface area contributed by atoms with E-state index < -0.39 is 34.5 Å². The van der Waals surface area contributed by atoms with Gasteiger partial charge in [0.15, 0.2) is 6.61 Å². The van der Waals surface area contributed by atoms with E-state index in [9.17, 15) is 18.0 Å². The highest BCUT2D eigenvalue weighted by atomic mass is 35.5. The molecular weight excluding hydrogens is 472 g/mol. The van der Waals surface area contributed by atoms with Crippen LogP contribution in [-0.2, 0) is 24.3 Å². The molecule has 0 bridgehead atoms. The van der Waals surface area contributed by atoms with Gasteiger partial charge in [-0.3, -0.25) is 9.59 Å². The summed E-state index contributed by atoms with van der Waals surface area (Å²) in [7, 11) is -1.00. The van der Waals surface area contributed by atoms with Gasteiger partial charge in [-0.15, -0.1) is 0 Å². The van der Waals surface area contributed by atoms with E-state index in [4.69, 9.17) is 25.8 Å². The zero-order valence-electron chi connectivity index (χ0n) is 18.5. The van der Waals surface area contributed by atoms with E-state index in [-0.39, 0.29) is 22.2 Å². The third kappa shape index (κ3) is 5.58. The molecule has 33 heavy (non-hydrogen) atoms. The van der Waals surface area contributed by atoms with Gasteiger partial charge in [0.1, 0.15) is 17.5 Å². The SMILES string of the molecule is COc1cc(OC)c(NC(=O)COC(=O)[C@@H]2CCCN2S(=O)(=O)c2ccc(C)cc2)cc1Cl. The number of carbonyl (C=O) groups excluding carboxylic acids is 2. The lowest BCUT2D eigenvalue weighted by Crippen LogP contribution is -2.42. The minimum Gasteiger partial charge on any atom is -0.495 e. The summed E-state index contributed by atoms with van der Waals surface area (Å²) in [5, 5.41) is 2.82. The first kappa shape index (κ1) is 24.8. The number of hydrogen-bond acceptors (Lipinski definition) is 7. The van der Waals surface area contributed by atoms with Crippen LogP contribution >= 0.6 is 11.6 Å². The van der Waals surface area contributed by atoms with Crippen LogP contribution in [0, 0.1) is 6.92 Å². The maximum absolute atomic E-state index is 13.0. The number of rotatable bonds is 8. The summed E-state index contributed by atoms with van der Waals surface area (Å²) < 4.78 is 42.6. The number of ether oxygens (including phenoxy) is 3. The number of methoxy groups -OCH3 is 2. The summed E-state index contributed by atoms with van der Waals surface area (Å²) in [6, 6.07) is 8.37. The Morgan fingerprint density at radius 1 is 1.12 bits per heavy atom. The van der Waals surface area contributed by atoms with Crippen LogP contribution in [-0.4, -0.2) is 58.0 Å². The van der Waals surface area contributed by atoms with Crippen LogP contribution in [0.15, 0.2) is 41.3 Å². The summed E-state index contributed by atoms with van der Waals surface area (Å²) in [5.41, 5.74) is 1.20.